The minimum absolute atomic E-state index is 0.00859. The van der Waals surface area contributed by atoms with Gasteiger partial charge in [-0.05, 0) is 59.5 Å². The van der Waals surface area contributed by atoms with E-state index >= 15 is 0 Å². The van der Waals surface area contributed by atoms with Gasteiger partial charge in [0.1, 0.15) is 0 Å². The van der Waals surface area contributed by atoms with Crippen molar-refractivity contribution in [1.82, 2.24) is 4.90 Å². The first kappa shape index (κ1) is 20.9. The Morgan fingerprint density at radius 1 is 0.969 bits per heavy atom. The van der Waals surface area contributed by atoms with Gasteiger partial charge in [0.15, 0.2) is 0 Å². The largest absolute Gasteiger partial charge is 0.381 e. The van der Waals surface area contributed by atoms with Gasteiger partial charge >= 0.3 is 0 Å². The number of rotatable bonds is 4. The zero-order chi connectivity index (χ0) is 22.0. The molecule has 0 bridgehead atoms. The van der Waals surface area contributed by atoms with Crippen LogP contribution in [-0.2, 0) is 27.9 Å². The Morgan fingerprint density at radius 2 is 1.78 bits per heavy atom. The summed E-state index contributed by atoms with van der Waals surface area (Å²) in [5.41, 5.74) is 3.56. The minimum Gasteiger partial charge on any atom is -0.381 e. The summed E-state index contributed by atoms with van der Waals surface area (Å²) in [6.45, 7) is 2.43. The maximum atomic E-state index is 13.6. The highest BCUT2D eigenvalue weighted by atomic mass is 32.1. The van der Waals surface area contributed by atoms with Crippen molar-refractivity contribution < 1.29 is 14.3 Å². The van der Waals surface area contributed by atoms with Gasteiger partial charge in [0.25, 0.3) is 5.91 Å². The molecule has 0 radical (unpaired) electrons. The molecule has 2 aliphatic heterocycles. The molecule has 32 heavy (non-hydrogen) atoms. The second-order valence-corrected chi connectivity index (χ2v) is 9.40. The molecule has 2 amide bonds. The number of nitrogens with one attached hydrogen (secondary N) is 1. The van der Waals surface area contributed by atoms with Gasteiger partial charge in [0.2, 0.25) is 5.91 Å². The number of benzene rings is 2. The number of amides is 2. The number of fused-ring (bicyclic) bond motifs is 1. The molecule has 0 spiro atoms. The molecule has 1 saturated heterocycles. The lowest BCUT2D eigenvalue weighted by molar-refractivity contribution is -0.125. The molecule has 3 aromatic rings. The number of ether oxygens (including phenoxy) is 1. The summed E-state index contributed by atoms with van der Waals surface area (Å²) < 4.78 is 5.57. The zero-order valence-corrected chi connectivity index (χ0v) is 18.7. The van der Waals surface area contributed by atoms with E-state index in [1.807, 2.05) is 64.9 Å². The summed E-state index contributed by atoms with van der Waals surface area (Å²) in [6, 6.07) is 19.9. The summed E-state index contributed by atoms with van der Waals surface area (Å²) in [7, 11) is 0. The van der Waals surface area contributed by atoms with Crippen LogP contribution >= 0.6 is 11.3 Å². The van der Waals surface area contributed by atoms with E-state index in [4.69, 9.17) is 4.74 Å². The topological polar surface area (TPSA) is 58.6 Å². The van der Waals surface area contributed by atoms with E-state index < -0.39 is 5.41 Å². The van der Waals surface area contributed by atoms with E-state index in [1.54, 1.807) is 0 Å². The summed E-state index contributed by atoms with van der Waals surface area (Å²) >= 11 is 1.47. The number of hydrogen-bond donors (Lipinski definition) is 1. The smallest absolute Gasteiger partial charge is 0.264 e. The number of carbonyl (C=O) groups excluding carboxylic acids is 2. The maximum Gasteiger partial charge on any atom is 0.264 e. The average molecular weight is 447 g/mol. The van der Waals surface area contributed by atoms with Crippen LogP contribution in [0.5, 0.6) is 0 Å². The predicted molar refractivity (Wildman–Crippen MR) is 126 cm³/mol. The first-order chi connectivity index (χ1) is 15.7. The van der Waals surface area contributed by atoms with Crippen molar-refractivity contribution in [2.45, 2.75) is 31.2 Å². The van der Waals surface area contributed by atoms with Crippen LogP contribution in [0.25, 0.3) is 0 Å². The van der Waals surface area contributed by atoms with Crippen molar-refractivity contribution in [3.8, 4) is 0 Å². The molecule has 0 atom stereocenters. The Bertz CT molecular complexity index is 1110. The van der Waals surface area contributed by atoms with Crippen molar-refractivity contribution in [2.24, 2.45) is 0 Å². The molecule has 2 aromatic carbocycles. The number of hydrogen-bond acceptors (Lipinski definition) is 4. The highest BCUT2D eigenvalue weighted by Crippen LogP contribution is 2.36. The first-order valence-electron chi connectivity index (χ1n) is 11.0. The van der Waals surface area contributed by atoms with E-state index in [-0.39, 0.29) is 11.8 Å². The molecule has 1 fully saturated rings. The van der Waals surface area contributed by atoms with Gasteiger partial charge in [-0.1, -0.05) is 42.5 Å². The summed E-state index contributed by atoms with van der Waals surface area (Å²) in [5, 5.41) is 5.11. The second-order valence-electron chi connectivity index (χ2n) is 8.45. The van der Waals surface area contributed by atoms with Crippen LogP contribution < -0.4 is 5.32 Å². The minimum atomic E-state index is -0.587. The highest BCUT2D eigenvalue weighted by Gasteiger charge is 2.41. The van der Waals surface area contributed by atoms with Crippen molar-refractivity contribution in [1.29, 1.82) is 0 Å². The van der Waals surface area contributed by atoms with Crippen LogP contribution in [-0.4, -0.2) is 36.5 Å². The number of anilines is 1. The van der Waals surface area contributed by atoms with Gasteiger partial charge in [-0.15, -0.1) is 11.3 Å². The lowest BCUT2D eigenvalue weighted by Crippen LogP contribution is -2.44. The van der Waals surface area contributed by atoms with E-state index in [0.29, 0.717) is 39.1 Å². The van der Waals surface area contributed by atoms with Crippen molar-refractivity contribution in [3.05, 3.63) is 87.6 Å². The molecule has 3 heterocycles. The fourth-order valence-electron chi connectivity index (χ4n) is 4.74. The molecule has 0 aliphatic carbocycles. The maximum absolute atomic E-state index is 13.6. The SMILES string of the molecule is O=C(c1cccs1)N1CCc2ccc(NC(=O)C3(c4ccccc4)CCOCC3)cc2C1. The van der Waals surface area contributed by atoms with E-state index in [0.717, 1.165) is 28.1 Å². The Morgan fingerprint density at radius 3 is 2.53 bits per heavy atom. The van der Waals surface area contributed by atoms with Gasteiger partial charge < -0.3 is 15.0 Å². The third-order valence-corrected chi connectivity index (χ3v) is 7.46. The van der Waals surface area contributed by atoms with Gasteiger partial charge in [0.05, 0.1) is 10.3 Å². The van der Waals surface area contributed by atoms with E-state index in [9.17, 15) is 9.59 Å². The Balaban J connectivity index is 1.36. The monoisotopic (exact) mass is 446 g/mol. The first-order valence-corrected chi connectivity index (χ1v) is 11.9. The molecule has 164 valence electrons. The fourth-order valence-corrected chi connectivity index (χ4v) is 5.43. The predicted octanol–water partition coefficient (Wildman–Crippen LogP) is 4.63. The molecule has 1 N–H and O–H groups in total. The van der Waals surface area contributed by atoms with Crippen LogP contribution in [0.15, 0.2) is 66.0 Å². The second kappa shape index (κ2) is 8.88. The van der Waals surface area contributed by atoms with Crippen LogP contribution in [0, 0.1) is 0 Å². The van der Waals surface area contributed by atoms with E-state index in [2.05, 4.69) is 11.4 Å². The van der Waals surface area contributed by atoms with Crippen molar-refractivity contribution in [3.63, 3.8) is 0 Å². The van der Waals surface area contributed by atoms with Gasteiger partial charge in [-0.2, -0.15) is 0 Å². The number of thiophene rings is 1. The quantitative estimate of drug-likeness (QED) is 0.636. The molecule has 2 aliphatic rings. The van der Waals surface area contributed by atoms with Crippen LogP contribution in [0.2, 0.25) is 0 Å². The lowest BCUT2D eigenvalue weighted by Gasteiger charge is -2.36. The summed E-state index contributed by atoms with van der Waals surface area (Å²) in [5.74, 6) is 0.0830. The van der Waals surface area contributed by atoms with Crippen LogP contribution in [0.4, 0.5) is 5.69 Å². The van der Waals surface area contributed by atoms with Gasteiger partial charge in [-0.25, -0.2) is 0 Å². The van der Waals surface area contributed by atoms with Gasteiger partial charge in [0, 0.05) is 32.0 Å². The molecule has 0 unspecified atom stereocenters. The molecule has 0 saturated carbocycles. The number of carbonyl (C=O) groups is 2. The summed E-state index contributed by atoms with van der Waals surface area (Å²) in [6.07, 6.45) is 2.15. The third kappa shape index (κ3) is 3.96. The molecular weight excluding hydrogens is 420 g/mol. The molecule has 1 aromatic heterocycles. The molecule has 5 rings (SSSR count). The van der Waals surface area contributed by atoms with Crippen molar-refractivity contribution >= 4 is 28.8 Å². The van der Waals surface area contributed by atoms with Crippen molar-refractivity contribution in [2.75, 3.05) is 25.1 Å². The average Bonchev–Trinajstić information content (AvgIpc) is 3.39. The highest BCUT2D eigenvalue weighted by molar-refractivity contribution is 7.12. The molecular formula is C26H26N2O3S. The fraction of sp³-hybridized carbons (Fsp3) is 0.308. The molecule has 5 nitrogen and oxygen atoms in total. The number of nitrogens with zero attached hydrogens (tertiary/aromatic N) is 1. The Labute approximate surface area is 192 Å². The Kier molecular flexibility index (Phi) is 5.81. The Hall–Kier alpha value is -2.96. The van der Waals surface area contributed by atoms with Crippen LogP contribution in [0.3, 0.4) is 0 Å². The van der Waals surface area contributed by atoms with Crippen LogP contribution in [0.1, 0.15) is 39.2 Å². The van der Waals surface area contributed by atoms with E-state index in [1.165, 1.54) is 16.9 Å². The standard InChI is InChI=1S/C26H26N2O3S/c29-24(23-7-4-16-32-23)28-13-10-19-8-9-22(17-20(19)18-28)27-25(30)26(11-14-31-15-12-26)21-5-2-1-3-6-21/h1-9,16-17H,10-15,18H2,(H,27,30). The van der Waals surface area contributed by atoms with Gasteiger partial charge in [-0.3, -0.25) is 9.59 Å². The summed E-state index contributed by atoms with van der Waals surface area (Å²) in [4.78, 5) is 29.0. The molecule has 6 heteroatoms. The third-order valence-electron chi connectivity index (χ3n) is 6.60. The zero-order valence-electron chi connectivity index (χ0n) is 17.9. The normalized spacial score (nSPS) is 17.4. The lowest BCUT2D eigenvalue weighted by atomic mass is 9.73.